The van der Waals surface area contributed by atoms with E-state index in [1.807, 2.05) is 13.0 Å². The van der Waals surface area contributed by atoms with Crippen LogP contribution in [-0.4, -0.2) is 18.4 Å². The lowest BCUT2D eigenvalue weighted by Crippen LogP contribution is -2.29. The molecule has 1 aliphatic carbocycles. The maximum atomic E-state index is 12.5. The summed E-state index contributed by atoms with van der Waals surface area (Å²) in [6.07, 6.45) is 4.42. The molecule has 26 heavy (non-hydrogen) atoms. The first-order valence-electron chi connectivity index (χ1n) is 8.55. The predicted molar refractivity (Wildman–Crippen MR) is 104 cm³/mol. The van der Waals surface area contributed by atoms with Crippen LogP contribution in [0.4, 0.5) is 11.4 Å². The third-order valence-corrected chi connectivity index (χ3v) is 4.79. The summed E-state index contributed by atoms with van der Waals surface area (Å²) < 4.78 is 5.08. The molecule has 4 N–H and O–H groups in total. The number of rotatable bonds is 5. The number of hydrogen-bond donors (Lipinski definition) is 3. The molecule has 1 heterocycles. The molecule has 0 saturated heterocycles. The van der Waals surface area contributed by atoms with E-state index in [0.717, 1.165) is 30.5 Å². The van der Waals surface area contributed by atoms with Crippen molar-refractivity contribution in [3.63, 3.8) is 0 Å². The van der Waals surface area contributed by atoms with Crippen LogP contribution in [0.1, 0.15) is 35.4 Å². The van der Waals surface area contributed by atoms with E-state index in [2.05, 4.69) is 10.6 Å². The van der Waals surface area contributed by atoms with Gasteiger partial charge in [-0.3, -0.25) is 9.59 Å². The van der Waals surface area contributed by atoms with Crippen LogP contribution in [-0.2, 0) is 4.79 Å². The number of nitrogens with two attached hydrogens (primary N) is 1. The van der Waals surface area contributed by atoms with Crippen LogP contribution in [0.3, 0.4) is 0 Å². The normalized spacial score (nSPS) is 18.8. The zero-order valence-electron chi connectivity index (χ0n) is 14.7. The highest BCUT2D eigenvalue weighted by atomic mass is 35.5. The van der Waals surface area contributed by atoms with Crippen molar-refractivity contribution in [2.45, 2.75) is 26.2 Å². The number of furan rings is 1. The molecule has 2 atom stereocenters. The number of hydrogen-bond acceptors (Lipinski definition) is 4. The number of carbonyl (C=O) groups excluding carboxylic acids is 2. The molecule has 1 aliphatic rings. The average Bonchev–Trinajstić information content (AvgIpc) is 3.28. The van der Waals surface area contributed by atoms with Gasteiger partial charge in [0.05, 0.1) is 6.26 Å². The molecule has 1 fully saturated rings. The number of aryl methyl sites for hydroxylation is 1. The highest BCUT2D eigenvalue weighted by Crippen LogP contribution is 2.32. The molecule has 0 bridgehead atoms. The van der Waals surface area contributed by atoms with Crippen molar-refractivity contribution >= 4 is 35.6 Å². The molecule has 0 unspecified atom stereocenters. The molecule has 0 radical (unpaired) electrons. The van der Waals surface area contributed by atoms with E-state index < -0.39 is 0 Å². The van der Waals surface area contributed by atoms with E-state index in [0.29, 0.717) is 12.2 Å². The fourth-order valence-corrected chi connectivity index (χ4v) is 3.37. The van der Waals surface area contributed by atoms with E-state index in [4.69, 9.17) is 10.2 Å². The van der Waals surface area contributed by atoms with Crippen LogP contribution in [0, 0.1) is 18.8 Å². The monoisotopic (exact) mass is 377 g/mol. The highest BCUT2D eigenvalue weighted by molar-refractivity contribution is 6.03. The fraction of sp³-hybridized carbons (Fsp3) is 0.368. The Labute approximate surface area is 158 Å². The largest absolute Gasteiger partial charge is 0.459 e. The lowest BCUT2D eigenvalue weighted by atomic mass is 9.95. The fourth-order valence-electron chi connectivity index (χ4n) is 3.37. The van der Waals surface area contributed by atoms with Crippen molar-refractivity contribution in [3.05, 3.63) is 47.9 Å². The standard InChI is InChI=1S/C19H23N3O3.ClH/c1-12-10-14(21-18(23)15-5-2-4-13(15)11-20)7-8-16(12)22-19(24)17-6-3-9-25-17;/h3,6-10,13,15H,2,4-5,11,20H2,1H3,(H,21,23)(H,22,24);1H/t13-,15-;/m1./s1. The number of amides is 2. The maximum Gasteiger partial charge on any atom is 0.291 e. The Morgan fingerprint density at radius 3 is 2.69 bits per heavy atom. The molecular formula is C19H24ClN3O3. The van der Waals surface area contributed by atoms with Crippen molar-refractivity contribution < 1.29 is 14.0 Å². The van der Waals surface area contributed by atoms with Crippen LogP contribution in [0.5, 0.6) is 0 Å². The van der Waals surface area contributed by atoms with Gasteiger partial charge in [-0.25, -0.2) is 0 Å². The molecule has 1 saturated carbocycles. The Balaban J connectivity index is 0.00000243. The van der Waals surface area contributed by atoms with Crippen molar-refractivity contribution in [1.82, 2.24) is 0 Å². The summed E-state index contributed by atoms with van der Waals surface area (Å²) in [4.78, 5) is 24.5. The first-order valence-corrected chi connectivity index (χ1v) is 8.55. The predicted octanol–water partition coefficient (Wildman–Crippen LogP) is 3.58. The zero-order chi connectivity index (χ0) is 17.8. The van der Waals surface area contributed by atoms with E-state index in [1.165, 1.54) is 6.26 Å². The molecule has 3 rings (SSSR count). The third kappa shape index (κ3) is 4.45. The second-order valence-electron chi connectivity index (χ2n) is 6.48. The summed E-state index contributed by atoms with van der Waals surface area (Å²) >= 11 is 0. The van der Waals surface area contributed by atoms with Crippen molar-refractivity contribution in [2.75, 3.05) is 17.2 Å². The van der Waals surface area contributed by atoms with Gasteiger partial charge in [0.25, 0.3) is 5.91 Å². The smallest absolute Gasteiger partial charge is 0.291 e. The highest BCUT2D eigenvalue weighted by Gasteiger charge is 2.31. The topological polar surface area (TPSA) is 97.4 Å². The van der Waals surface area contributed by atoms with Gasteiger partial charge in [0, 0.05) is 17.3 Å². The van der Waals surface area contributed by atoms with E-state index in [-0.39, 0.29) is 41.8 Å². The summed E-state index contributed by atoms with van der Waals surface area (Å²) in [5.41, 5.74) is 8.02. The van der Waals surface area contributed by atoms with Gasteiger partial charge in [-0.1, -0.05) is 6.42 Å². The number of halogens is 1. The molecule has 2 amide bonds. The minimum absolute atomic E-state index is 0. The lowest BCUT2D eigenvalue weighted by molar-refractivity contribution is -0.120. The minimum Gasteiger partial charge on any atom is -0.459 e. The zero-order valence-corrected chi connectivity index (χ0v) is 15.5. The quantitative estimate of drug-likeness (QED) is 0.741. The van der Waals surface area contributed by atoms with Gasteiger partial charge >= 0.3 is 0 Å². The Morgan fingerprint density at radius 2 is 2.04 bits per heavy atom. The number of benzene rings is 1. The Morgan fingerprint density at radius 1 is 1.23 bits per heavy atom. The van der Waals surface area contributed by atoms with Crippen LogP contribution in [0.15, 0.2) is 41.0 Å². The molecule has 7 heteroatoms. The molecule has 1 aromatic heterocycles. The summed E-state index contributed by atoms with van der Waals surface area (Å²) in [7, 11) is 0. The van der Waals surface area contributed by atoms with Crippen LogP contribution < -0.4 is 16.4 Å². The van der Waals surface area contributed by atoms with Gasteiger partial charge in [0.15, 0.2) is 5.76 Å². The average molecular weight is 378 g/mol. The summed E-state index contributed by atoms with van der Waals surface area (Å²) in [5, 5.41) is 5.77. The Hall–Kier alpha value is -2.31. The Kier molecular flexibility index (Phi) is 6.83. The second kappa shape index (κ2) is 8.87. The first-order chi connectivity index (χ1) is 12.1. The summed E-state index contributed by atoms with van der Waals surface area (Å²) in [5.74, 6) is 0.240. The van der Waals surface area contributed by atoms with Gasteiger partial charge in [-0.2, -0.15) is 0 Å². The van der Waals surface area contributed by atoms with E-state index in [9.17, 15) is 9.59 Å². The minimum atomic E-state index is -0.304. The van der Waals surface area contributed by atoms with Gasteiger partial charge in [0.1, 0.15) is 0 Å². The third-order valence-electron chi connectivity index (χ3n) is 4.79. The molecule has 0 aliphatic heterocycles. The lowest BCUT2D eigenvalue weighted by Gasteiger charge is -2.18. The molecule has 0 spiro atoms. The van der Waals surface area contributed by atoms with Crippen LogP contribution in [0.2, 0.25) is 0 Å². The number of anilines is 2. The van der Waals surface area contributed by atoms with Crippen molar-refractivity contribution in [3.8, 4) is 0 Å². The van der Waals surface area contributed by atoms with Gasteiger partial charge in [0.2, 0.25) is 5.91 Å². The van der Waals surface area contributed by atoms with Gasteiger partial charge in [-0.05, 0) is 68.1 Å². The van der Waals surface area contributed by atoms with E-state index in [1.54, 1.807) is 24.3 Å². The van der Waals surface area contributed by atoms with Gasteiger partial charge in [-0.15, -0.1) is 12.4 Å². The van der Waals surface area contributed by atoms with Crippen molar-refractivity contribution in [1.29, 1.82) is 0 Å². The molecule has 140 valence electrons. The van der Waals surface area contributed by atoms with Crippen molar-refractivity contribution in [2.24, 2.45) is 17.6 Å². The maximum absolute atomic E-state index is 12.5. The van der Waals surface area contributed by atoms with Crippen LogP contribution in [0.25, 0.3) is 0 Å². The number of carbonyl (C=O) groups is 2. The summed E-state index contributed by atoms with van der Waals surface area (Å²) in [6, 6.07) is 8.69. The molecule has 2 aromatic rings. The molecular weight excluding hydrogens is 354 g/mol. The first kappa shape index (κ1) is 20.0. The number of nitrogens with one attached hydrogen (secondary N) is 2. The SMILES string of the molecule is Cc1cc(NC(=O)[C@@H]2CCC[C@@H]2CN)ccc1NC(=O)c1ccco1.Cl. The van der Waals surface area contributed by atoms with Crippen LogP contribution >= 0.6 is 12.4 Å². The second-order valence-corrected chi connectivity index (χ2v) is 6.48. The Bertz CT molecular complexity index is 761. The molecule has 1 aromatic carbocycles. The summed E-state index contributed by atoms with van der Waals surface area (Å²) in [6.45, 7) is 2.43. The molecule has 6 nitrogen and oxygen atoms in total. The van der Waals surface area contributed by atoms with E-state index >= 15 is 0 Å². The van der Waals surface area contributed by atoms with Gasteiger partial charge < -0.3 is 20.8 Å².